The number of hydrogen-bond donors (Lipinski definition) is 3. The van der Waals surface area contributed by atoms with Gasteiger partial charge in [0, 0.05) is 16.6 Å². The predicted molar refractivity (Wildman–Crippen MR) is 114 cm³/mol. The first kappa shape index (κ1) is 19.8. The number of benzene rings is 2. The number of aliphatic hydroxyl groups is 2. The number of pyridine rings is 1. The monoisotopic (exact) mass is 392 g/mol. The fraction of sp³-hybridized carbons (Fsp3) is 0.375. The molecule has 1 aromatic heterocycles. The molecular weight excluding hydrogens is 364 g/mol. The molecule has 0 aliphatic carbocycles. The van der Waals surface area contributed by atoms with Crippen molar-refractivity contribution in [2.24, 2.45) is 0 Å². The maximum atomic E-state index is 11.0. The molecule has 0 bridgehead atoms. The van der Waals surface area contributed by atoms with Gasteiger partial charge in [0.05, 0.1) is 12.6 Å². The topological polar surface area (TPSA) is 74.6 Å². The van der Waals surface area contributed by atoms with E-state index in [1.807, 2.05) is 57.2 Å². The zero-order chi connectivity index (χ0) is 20.6. The van der Waals surface area contributed by atoms with E-state index in [9.17, 15) is 10.2 Å². The number of aliphatic hydroxyl groups excluding tert-OH is 2. The zero-order valence-corrected chi connectivity index (χ0v) is 17.1. The van der Waals surface area contributed by atoms with Crippen molar-refractivity contribution >= 4 is 10.9 Å². The summed E-state index contributed by atoms with van der Waals surface area (Å²) in [5.41, 5.74) is 3.79. The summed E-state index contributed by atoms with van der Waals surface area (Å²) < 4.78 is 6.26. The van der Waals surface area contributed by atoms with E-state index in [0.29, 0.717) is 5.75 Å². The molecule has 2 heterocycles. The summed E-state index contributed by atoms with van der Waals surface area (Å²) in [4.78, 5) is 4.70. The van der Waals surface area contributed by atoms with Crippen molar-refractivity contribution in [2.45, 2.75) is 51.5 Å². The van der Waals surface area contributed by atoms with Crippen LogP contribution in [0.5, 0.6) is 5.75 Å². The molecule has 0 radical (unpaired) electrons. The third-order valence-electron chi connectivity index (χ3n) is 5.70. The van der Waals surface area contributed by atoms with Crippen LogP contribution in [0.15, 0.2) is 48.5 Å². The van der Waals surface area contributed by atoms with E-state index >= 15 is 0 Å². The summed E-state index contributed by atoms with van der Waals surface area (Å²) in [5.74, 6) is 0.688. The van der Waals surface area contributed by atoms with Crippen LogP contribution in [0.4, 0.5) is 0 Å². The number of nitrogens with zero attached hydrogens (tertiary/aromatic N) is 1. The third-order valence-corrected chi connectivity index (χ3v) is 5.70. The van der Waals surface area contributed by atoms with Crippen LogP contribution >= 0.6 is 0 Å². The number of hydrogen-bond acceptors (Lipinski definition) is 5. The Balaban J connectivity index is 1.72. The summed E-state index contributed by atoms with van der Waals surface area (Å²) >= 11 is 0. The molecule has 29 heavy (non-hydrogen) atoms. The Morgan fingerprint density at radius 3 is 2.62 bits per heavy atom. The van der Waals surface area contributed by atoms with Gasteiger partial charge in [0.1, 0.15) is 17.2 Å². The molecule has 1 aliphatic rings. The fourth-order valence-electron chi connectivity index (χ4n) is 4.11. The maximum absolute atomic E-state index is 11.0. The van der Waals surface area contributed by atoms with E-state index in [-0.39, 0.29) is 12.6 Å². The molecular formula is C24H28N2O3. The van der Waals surface area contributed by atoms with Crippen LogP contribution in [0, 0.1) is 6.92 Å². The van der Waals surface area contributed by atoms with Gasteiger partial charge in [0.2, 0.25) is 0 Å². The summed E-state index contributed by atoms with van der Waals surface area (Å²) in [6.45, 7) is 6.39. The second-order valence-electron chi connectivity index (χ2n) is 8.28. The molecule has 3 aromatic rings. The molecule has 0 saturated carbocycles. The van der Waals surface area contributed by atoms with E-state index in [0.717, 1.165) is 40.7 Å². The lowest BCUT2D eigenvalue weighted by atomic mass is 9.85. The minimum Gasteiger partial charge on any atom is -0.482 e. The Bertz CT molecular complexity index is 1020. The first-order chi connectivity index (χ1) is 13.9. The summed E-state index contributed by atoms with van der Waals surface area (Å²) in [7, 11) is 0. The van der Waals surface area contributed by atoms with Crippen LogP contribution in [0.25, 0.3) is 10.9 Å². The molecule has 5 nitrogen and oxygen atoms in total. The average molecular weight is 392 g/mol. The molecule has 4 rings (SSSR count). The zero-order valence-electron chi connectivity index (χ0n) is 17.1. The molecule has 2 atom stereocenters. The molecule has 0 spiro atoms. The number of fused-ring (bicyclic) bond motifs is 3. The highest BCUT2D eigenvalue weighted by molar-refractivity contribution is 5.89. The van der Waals surface area contributed by atoms with Gasteiger partial charge >= 0.3 is 0 Å². The first-order valence-corrected chi connectivity index (χ1v) is 10.1. The van der Waals surface area contributed by atoms with Crippen molar-refractivity contribution in [3.63, 3.8) is 0 Å². The normalized spacial score (nSPS) is 20.3. The SMILES string of the molecule is Cc1cc(CO)c2ccc3c(c2n1)OC(C)(C)C(O)C3NCCc1ccccc1. The molecule has 3 N–H and O–H groups in total. The number of rotatable bonds is 5. The molecule has 0 amide bonds. The lowest BCUT2D eigenvalue weighted by Crippen LogP contribution is -2.52. The first-order valence-electron chi connectivity index (χ1n) is 10.1. The number of aryl methyl sites for hydroxylation is 1. The van der Waals surface area contributed by atoms with Crippen LogP contribution in [0.3, 0.4) is 0 Å². The largest absolute Gasteiger partial charge is 0.482 e. The highest BCUT2D eigenvalue weighted by Gasteiger charge is 2.43. The highest BCUT2D eigenvalue weighted by atomic mass is 16.5. The standard InChI is InChI=1S/C24H28N2O3/c1-15-13-17(14-27)18-9-10-19-21(25-12-11-16-7-5-4-6-8-16)23(28)24(2,3)29-22(19)20(18)26-15/h4-10,13,21,23,25,27-28H,11-12,14H2,1-3H3. The molecule has 2 aromatic carbocycles. The van der Waals surface area contributed by atoms with E-state index in [2.05, 4.69) is 17.4 Å². The van der Waals surface area contributed by atoms with Gasteiger partial charge in [-0.2, -0.15) is 0 Å². The van der Waals surface area contributed by atoms with Crippen molar-refractivity contribution in [1.29, 1.82) is 0 Å². The Kier molecular flexibility index (Phi) is 5.30. The van der Waals surface area contributed by atoms with Crippen molar-refractivity contribution < 1.29 is 14.9 Å². The summed E-state index contributed by atoms with van der Waals surface area (Å²) in [6.07, 6.45) is 0.172. The predicted octanol–water partition coefficient (Wildman–Crippen LogP) is 3.44. The van der Waals surface area contributed by atoms with Crippen molar-refractivity contribution in [1.82, 2.24) is 10.3 Å². The van der Waals surface area contributed by atoms with Crippen molar-refractivity contribution in [3.05, 3.63) is 70.9 Å². The summed E-state index contributed by atoms with van der Waals surface area (Å²) in [6, 6.07) is 15.9. The Morgan fingerprint density at radius 2 is 1.90 bits per heavy atom. The number of aromatic nitrogens is 1. The van der Waals surface area contributed by atoms with Gasteiger partial charge in [-0.05, 0) is 50.9 Å². The Labute approximate surface area is 171 Å². The minimum absolute atomic E-state index is 0.0522. The molecule has 1 aliphatic heterocycles. The molecule has 2 unspecified atom stereocenters. The van der Waals surface area contributed by atoms with Gasteiger partial charge in [0.15, 0.2) is 5.75 Å². The van der Waals surface area contributed by atoms with E-state index < -0.39 is 11.7 Å². The number of ether oxygens (including phenoxy) is 1. The van der Waals surface area contributed by atoms with Gasteiger partial charge in [-0.25, -0.2) is 4.98 Å². The van der Waals surface area contributed by atoms with E-state index in [1.165, 1.54) is 5.56 Å². The van der Waals surface area contributed by atoms with Gasteiger partial charge in [-0.15, -0.1) is 0 Å². The molecule has 5 heteroatoms. The van der Waals surface area contributed by atoms with Crippen molar-refractivity contribution in [3.8, 4) is 5.75 Å². The smallest absolute Gasteiger partial charge is 0.151 e. The third kappa shape index (κ3) is 3.73. The molecule has 0 fully saturated rings. The Hall–Kier alpha value is -2.47. The van der Waals surface area contributed by atoms with Crippen LogP contribution in [-0.2, 0) is 13.0 Å². The van der Waals surface area contributed by atoms with Gasteiger partial charge in [0.25, 0.3) is 0 Å². The average Bonchev–Trinajstić information content (AvgIpc) is 2.71. The minimum atomic E-state index is -0.767. The van der Waals surface area contributed by atoms with Crippen molar-refractivity contribution in [2.75, 3.05) is 6.54 Å². The molecule has 152 valence electrons. The second-order valence-corrected chi connectivity index (χ2v) is 8.28. The van der Waals surface area contributed by atoms with Gasteiger partial charge in [-0.1, -0.05) is 42.5 Å². The Morgan fingerprint density at radius 1 is 1.14 bits per heavy atom. The molecule has 0 saturated heterocycles. The maximum Gasteiger partial charge on any atom is 0.151 e. The lowest BCUT2D eigenvalue weighted by molar-refractivity contribution is -0.0634. The number of nitrogens with one attached hydrogen (secondary N) is 1. The van der Waals surface area contributed by atoms with Crippen LogP contribution in [-0.4, -0.2) is 33.4 Å². The van der Waals surface area contributed by atoms with Gasteiger partial charge in [-0.3, -0.25) is 0 Å². The van der Waals surface area contributed by atoms with E-state index in [4.69, 9.17) is 9.72 Å². The summed E-state index contributed by atoms with van der Waals surface area (Å²) in [5, 5.41) is 25.2. The van der Waals surface area contributed by atoms with E-state index in [1.54, 1.807) is 0 Å². The van der Waals surface area contributed by atoms with Crippen LogP contribution in [0.2, 0.25) is 0 Å². The lowest BCUT2D eigenvalue weighted by Gasteiger charge is -2.42. The van der Waals surface area contributed by atoms with Crippen LogP contribution < -0.4 is 10.1 Å². The van der Waals surface area contributed by atoms with Gasteiger partial charge < -0.3 is 20.3 Å². The second kappa shape index (κ2) is 7.75. The quantitative estimate of drug-likeness (QED) is 0.620. The van der Waals surface area contributed by atoms with Crippen LogP contribution in [0.1, 0.15) is 42.3 Å². The highest BCUT2D eigenvalue weighted by Crippen LogP contribution is 2.43. The fourth-order valence-corrected chi connectivity index (χ4v) is 4.11.